The van der Waals surface area contributed by atoms with Crippen molar-refractivity contribution in [1.29, 1.82) is 0 Å². The predicted octanol–water partition coefficient (Wildman–Crippen LogP) is 6.60. The summed E-state index contributed by atoms with van der Waals surface area (Å²) in [5.41, 5.74) is -0.243. The molecular formula is C16H12F11NO3. The Balaban J connectivity index is 3.16. The Hall–Kier alpha value is -2.74. The van der Waals surface area contributed by atoms with Gasteiger partial charge in [-0.1, -0.05) is 13.0 Å². The summed E-state index contributed by atoms with van der Waals surface area (Å²) < 4.78 is 150. The van der Waals surface area contributed by atoms with Gasteiger partial charge in [0.05, 0.1) is 6.61 Å². The first-order valence-electron chi connectivity index (χ1n) is 7.96. The van der Waals surface area contributed by atoms with Gasteiger partial charge in [-0.15, -0.1) is 0 Å². The van der Waals surface area contributed by atoms with Gasteiger partial charge >= 0.3 is 36.1 Å². The fourth-order valence-corrected chi connectivity index (χ4v) is 1.77. The molecule has 0 saturated heterocycles. The van der Waals surface area contributed by atoms with E-state index in [4.69, 9.17) is 0 Å². The molecule has 0 saturated carbocycles. The van der Waals surface area contributed by atoms with Crippen molar-refractivity contribution in [2.75, 3.05) is 11.9 Å². The van der Waals surface area contributed by atoms with Crippen molar-refractivity contribution in [3.8, 4) is 5.75 Å². The monoisotopic (exact) mass is 475 g/mol. The van der Waals surface area contributed by atoms with Gasteiger partial charge in [-0.05, 0) is 18.6 Å². The Morgan fingerprint density at radius 1 is 0.968 bits per heavy atom. The fourth-order valence-electron chi connectivity index (χ4n) is 1.77. The van der Waals surface area contributed by atoms with E-state index in [0.29, 0.717) is 12.5 Å². The Bertz CT molecular complexity index is 821. The second-order valence-electron chi connectivity index (χ2n) is 5.70. The number of hydrogen-bond donors (Lipinski definition) is 1. The van der Waals surface area contributed by atoms with Crippen LogP contribution < -0.4 is 10.1 Å². The SMILES string of the molecule is CCCOC(=O)Nc1cccc(OC(F)=C(F)C(F)(F)C(F)(F)C(F)(F)C(F)(F)F)c1. The summed E-state index contributed by atoms with van der Waals surface area (Å²) in [6.45, 7) is 1.66. The average molecular weight is 475 g/mol. The largest absolute Gasteiger partial charge is 0.460 e. The summed E-state index contributed by atoms with van der Waals surface area (Å²) in [6, 6.07) is 0.260. The van der Waals surface area contributed by atoms with Gasteiger partial charge < -0.3 is 9.47 Å². The molecule has 0 aliphatic heterocycles. The van der Waals surface area contributed by atoms with Gasteiger partial charge in [0.2, 0.25) is 5.83 Å². The number of allylic oxidation sites excluding steroid dienone is 1. The van der Waals surface area contributed by atoms with Crippen LogP contribution in [-0.4, -0.2) is 36.6 Å². The third-order valence-electron chi connectivity index (χ3n) is 3.32. The highest BCUT2D eigenvalue weighted by Gasteiger charge is 2.83. The van der Waals surface area contributed by atoms with Crippen molar-refractivity contribution in [2.24, 2.45) is 0 Å². The van der Waals surface area contributed by atoms with E-state index in [1.54, 1.807) is 6.92 Å². The highest BCUT2D eigenvalue weighted by molar-refractivity contribution is 5.84. The summed E-state index contributed by atoms with van der Waals surface area (Å²) >= 11 is 0. The van der Waals surface area contributed by atoms with Gasteiger partial charge in [-0.2, -0.15) is 48.3 Å². The smallest absolute Gasteiger partial charge is 0.449 e. The van der Waals surface area contributed by atoms with E-state index in [1.807, 2.05) is 5.32 Å². The molecule has 0 spiro atoms. The number of amides is 1. The zero-order valence-electron chi connectivity index (χ0n) is 15.1. The minimum Gasteiger partial charge on any atom is -0.449 e. The Morgan fingerprint density at radius 2 is 1.55 bits per heavy atom. The Kier molecular flexibility index (Phi) is 7.78. The minimum absolute atomic E-state index is 0.00352. The minimum atomic E-state index is -7.41. The number of carbonyl (C=O) groups excluding carboxylic acids is 1. The van der Waals surface area contributed by atoms with Gasteiger partial charge in [0.25, 0.3) is 0 Å². The van der Waals surface area contributed by atoms with Gasteiger partial charge in [0.1, 0.15) is 5.75 Å². The molecule has 4 nitrogen and oxygen atoms in total. The maximum Gasteiger partial charge on any atom is 0.460 e. The summed E-state index contributed by atoms with van der Waals surface area (Å²) in [7, 11) is 0. The first-order valence-corrected chi connectivity index (χ1v) is 7.96. The first kappa shape index (κ1) is 26.3. The number of halogens is 11. The number of rotatable bonds is 8. The summed E-state index contributed by atoms with van der Waals surface area (Å²) in [5, 5.41) is 2.04. The fraction of sp³-hybridized carbons (Fsp3) is 0.438. The van der Waals surface area contributed by atoms with Crippen molar-refractivity contribution in [3.05, 3.63) is 36.1 Å². The van der Waals surface area contributed by atoms with E-state index in [9.17, 15) is 53.1 Å². The van der Waals surface area contributed by atoms with Crippen LogP contribution in [0.3, 0.4) is 0 Å². The van der Waals surface area contributed by atoms with Crippen LogP contribution in [0, 0.1) is 0 Å². The van der Waals surface area contributed by atoms with Gasteiger partial charge in [0, 0.05) is 11.8 Å². The number of carbonyl (C=O) groups is 1. The highest BCUT2D eigenvalue weighted by Crippen LogP contribution is 2.55. The van der Waals surface area contributed by atoms with Gasteiger partial charge in [-0.25, -0.2) is 4.79 Å². The predicted molar refractivity (Wildman–Crippen MR) is 82.5 cm³/mol. The molecule has 0 bridgehead atoms. The molecule has 0 heterocycles. The van der Waals surface area contributed by atoms with Crippen LogP contribution in [-0.2, 0) is 4.74 Å². The van der Waals surface area contributed by atoms with Crippen molar-refractivity contribution >= 4 is 11.8 Å². The van der Waals surface area contributed by atoms with Crippen LogP contribution in [0.2, 0.25) is 0 Å². The molecule has 0 radical (unpaired) electrons. The molecule has 0 aliphatic rings. The maximum atomic E-state index is 13.6. The molecule has 1 rings (SSSR count). The van der Waals surface area contributed by atoms with Gasteiger partial charge in [0.15, 0.2) is 0 Å². The lowest BCUT2D eigenvalue weighted by atomic mass is 10.0. The standard InChI is InChI=1S/C16H12F11NO3/c1-2-6-30-12(29)28-8-4-3-5-9(7-8)31-11(18)10(17)13(19,20)14(21,22)15(23,24)16(25,26)27/h3-5,7H,2,6H2,1H3,(H,28,29). The maximum absolute atomic E-state index is 13.6. The lowest BCUT2D eigenvalue weighted by molar-refractivity contribution is -0.392. The zero-order valence-corrected chi connectivity index (χ0v) is 15.1. The topological polar surface area (TPSA) is 47.6 Å². The molecule has 0 unspecified atom stereocenters. The highest BCUT2D eigenvalue weighted by atomic mass is 19.4. The third-order valence-corrected chi connectivity index (χ3v) is 3.32. The van der Waals surface area contributed by atoms with Crippen LogP contribution in [0.5, 0.6) is 5.75 Å². The number of anilines is 1. The lowest BCUT2D eigenvalue weighted by Gasteiger charge is -2.32. The molecule has 15 heteroatoms. The number of ether oxygens (including phenoxy) is 2. The van der Waals surface area contributed by atoms with E-state index in [-0.39, 0.29) is 12.3 Å². The third kappa shape index (κ3) is 5.50. The van der Waals surface area contributed by atoms with Crippen molar-refractivity contribution in [2.45, 2.75) is 37.3 Å². The molecule has 1 N–H and O–H groups in total. The van der Waals surface area contributed by atoms with Crippen LogP contribution in [0.25, 0.3) is 0 Å². The van der Waals surface area contributed by atoms with Gasteiger partial charge in [-0.3, -0.25) is 5.32 Å². The molecule has 0 fully saturated rings. The Labute approximate surface area is 166 Å². The molecule has 0 aromatic heterocycles. The molecular weight excluding hydrogens is 463 g/mol. The number of alkyl halides is 9. The van der Waals surface area contributed by atoms with Crippen LogP contribution in [0.1, 0.15) is 13.3 Å². The van der Waals surface area contributed by atoms with E-state index in [2.05, 4.69) is 9.47 Å². The van der Waals surface area contributed by atoms with Crippen molar-refractivity contribution in [3.63, 3.8) is 0 Å². The molecule has 1 aromatic rings. The van der Waals surface area contributed by atoms with Crippen LogP contribution in [0.15, 0.2) is 36.1 Å². The second kappa shape index (κ2) is 9.18. The molecule has 176 valence electrons. The number of benzene rings is 1. The number of nitrogens with one attached hydrogen (secondary N) is 1. The lowest BCUT2D eigenvalue weighted by Crippen LogP contribution is -2.61. The molecule has 31 heavy (non-hydrogen) atoms. The molecule has 0 aliphatic carbocycles. The molecule has 1 aromatic carbocycles. The normalized spacial score (nSPS) is 14.1. The summed E-state index contributed by atoms with van der Waals surface area (Å²) in [4.78, 5) is 11.4. The summed E-state index contributed by atoms with van der Waals surface area (Å²) in [5.74, 6) is -26.7. The quantitative estimate of drug-likeness (QED) is 0.341. The average Bonchev–Trinajstić information content (AvgIpc) is 2.64. The van der Waals surface area contributed by atoms with Crippen LogP contribution >= 0.6 is 0 Å². The van der Waals surface area contributed by atoms with Crippen LogP contribution in [0.4, 0.5) is 58.8 Å². The van der Waals surface area contributed by atoms with Crippen molar-refractivity contribution < 1.29 is 62.6 Å². The zero-order chi connectivity index (χ0) is 24.3. The second-order valence-corrected chi connectivity index (χ2v) is 5.70. The van der Waals surface area contributed by atoms with Crippen molar-refractivity contribution in [1.82, 2.24) is 0 Å². The molecule has 1 amide bonds. The van der Waals surface area contributed by atoms with E-state index in [0.717, 1.165) is 18.2 Å². The van der Waals surface area contributed by atoms with E-state index >= 15 is 0 Å². The van der Waals surface area contributed by atoms with E-state index < -0.39 is 47.6 Å². The van der Waals surface area contributed by atoms with E-state index in [1.165, 1.54) is 0 Å². The Morgan fingerprint density at radius 3 is 2.06 bits per heavy atom. The first-order chi connectivity index (χ1) is 14.0. The number of hydrogen-bond acceptors (Lipinski definition) is 3. The summed E-state index contributed by atoms with van der Waals surface area (Å²) in [6.07, 6.45) is -7.79. The molecule has 0 atom stereocenters.